The van der Waals surface area contributed by atoms with Crippen LogP contribution in [0.4, 0.5) is 22.4 Å². The number of anilines is 3. The van der Waals surface area contributed by atoms with Crippen LogP contribution in [0.1, 0.15) is 80.8 Å². The fraction of sp³-hybridized carbons (Fsp3) is 0.593. The lowest BCUT2D eigenvalue weighted by molar-refractivity contribution is -0.0766. The lowest BCUT2D eigenvalue weighted by Crippen LogP contribution is -2.41. The number of unbranched alkanes of at least 4 members (excludes halogenated alkanes) is 3. The molecule has 4 unspecified atom stereocenters. The molecule has 20 N–H and O–H groups in total. The molecule has 0 saturated carbocycles. The number of aliphatic hydroxyl groups excluding tert-OH is 4. The minimum Gasteiger partial charge on any atom is -0.448 e. The Bertz CT molecular complexity index is 5600. The van der Waals surface area contributed by atoms with Gasteiger partial charge in [-0.1, -0.05) is 12.8 Å². The monoisotopic (exact) mass is 1820 g/mol. The van der Waals surface area contributed by atoms with Gasteiger partial charge in [-0.15, -0.1) is 0 Å². The summed E-state index contributed by atoms with van der Waals surface area (Å²) in [6.07, 6.45) is -31.6. The Labute approximate surface area is 674 Å². The molecule has 12 rings (SSSR count). The van der Waals surface area contributed by atoms with E-state index in [0.717, 1.165) is 61.9 Å². The van der Waals surface area contributed by atoms with Crippen molar-refractivity contribution in [2.45, 2.75) is 169 Å². The molecule has 0 spiro atoms. The fourth-order valence-corrected chi connectivity index (χ4v) is 17.4. The molecule has 12 heterocycles. The third-order valence-corrected chi connectivity index (χ3v) is 23.4. The van der Waals surface area contributed by atoms with Crippen LogP contribution in [0.15, 0.2) is 72.4 Å². The number of aryl methyl sites for hydroxylation is 2. The Morgan fingerprint density at radius 1 is 0.554 bits per heavy atom. The second kappa shape index (κ2) is 37.9. The van der Waals surface area contributed by atoms with Crippen LogP contribution in [0.3, 0.4) is 0 Å². The normalized spacial score (nSPS) is 28.9. The van der Waals surface area contributed by atoms with E-state index in [2.05, 4.69) is 49.7 Å². The van der Waals surface area contributed by atoms with Gasteiger partial charge in [0.2, 0.25) is 5.95 Å². The highest BCUT2D eigenvalue weighted by Crippen LogP contribution is 2.56. The summed E-state index contributed by atoms with van der Waals surface area (Å²) in [6.45, 7) is -4.11. The maximum Gasteiger partial charge on any atom is 0.472 e. The number of phosphoric ester groups is 5. The number of nitrogens with zero attached hydrogens (tertiary/aromatic N) is 12. The molecule has 7 aromatic heterocycles. The number of aliphatic hydroxyl groups is 4. The number of aromatic nitrogens is 14. The van der Waals surface area contributed by atoms with E-state index in [-0.39, 0.29) is 83.6 Å². The van der Waals surface area contributed by atoms with Crippen LogP contribution in [-0.2, 0) is 96.7 Å². The van der Waals surface area contributed by atoms with Gasteiger partial charge in [0.15, 0.2) is 47.5 Å². The number of rotatable bonds is 38. The minimum absolute atomic E-state index is 0.0257. The average Bonchev–Trinajstić information content (AvgIpc) is 1.63. The van der Waals surface area contributed by atoms with E-state index in [1.165, 1.54) is 13.8 Å². The van der Waals surface area contributed by atoms with E-state index < -0.39 is 235 Å². The second-order valence-electron chi connectivity index (χ2n) is 27.4. The smallest absolute Gasteiger partial charge is 0.448 e. The molecule has 0 aliphatic carbocycles. The van der Waals surface area contributed by atoms with Gasteiger partial charge >= 0.3 is 62.3 Å². The van der Waals surface area contributed by atoms with Gasteiger partial charge in [-0.25, -0.2) is 61.9 Å². The Kier molecular flexibility index (Phi) is 28.7. The number of fused-ring (bicyclic) bond motifs is 2. The largest absolute Gasteiger partial charge is 0.472 e. The zero-order valence-electron chi connectivity index (χ0n) is 62.6. The van der Waals surface area contributed by atoms with Gasteiger partial charge < -0.3 is 105 Å². The van der Waals surface area contributed by atoms with Gasteiger partial charge in [-0.2, -0.15) is 15.2 Å². The van der Waals surface area contributed by atoms with Crippen molar-refractivity contribution in [2.75, 3.05) is 70.0 Å². The predicted molar refractivity (Wildman–Crippen MR) is 394 cm³/mol. The zero-order chi connectivity index (χ0) is 87.5. The van der Waals surface area contributed by atoms with E-state index in [1.807, 2.05) is 11.1 Å². The first-order chi connectivity index (χ1) is 57.1. The number of imidazole rings is 2. The number of nitriles is 1. The van der Waals surface area contributed by atoms with Crippen LogP contribution in [0.25, 0.3) is 22.3 Å². The number of nitrogen functional groups attached to an aromatic ring is 3. The number of phosphoric acid groups is 5. The van der Waals surface area contributed by atoms with Crippen LogP contribution in [-0.4, -0.2) is 262 Å². The summed E-state index contributed by atoms with van der Waals surface area (Å²) in [4.78, 5) is 185. The molecule has 664 valence electrons. The number of H-pyrrole nitrogens is 3. The zero-order valence-corrected chi connectivity index (χ0v) is 67.1. The molecule has 5 aliphatic heterocycles. The molecular weight excluding hydrogens is 1740 g/mol. The second-order valence-corrected chi connectivity index (χ2v) is 34.2. The first-order valence-electron chi connectivity index (χ1n) is 35.9. The fourth-order valence-electron chi connectivity index (χ4n) is 13.2. The highest BCUT2D eigenvalue weighted by atomic mass is 31.2. The SMILES string of the molecule is Cc1cn([C@@H]2O[C@H](COP(=O)(O)O[C@H]3[C@@H](O)[C@H](n4ccc(N)nc4=O)O[C@@H]3COP(=O)(O)O[C@H]3C[C@H](n4cc(C)c(=O)[nH]c4=O)O[C@@H]3COP(=O)(O)O)[C@@H](OP(=O)(O)OC[C@H]3O[C@@H](n4cnc5c(N)ncnc54)[C@H](O)[C@@H]3OP(=O)(O)OC[C@H]3O[C@@H](n4cnc5c(=O)[nH]c(N)nc54)[C@H](O)[C@@H]3O)[C@H]2OCCCCCCNC(=O)OCCC#N)c(=O)[nH]c1=O. The van der Waals surface area contributed by atoms with Crippen molar-refractivity contribution < 1.29 is 151 Å². The number of carbonyl (C=O) groups is 1. The highest BCUT2D eigenvalue weighted by Gasteiger charge is 2.57. The number of hydrogen-bond donors (Lipinski definition) is 17. The van der Waals surface area contributed by atoms with Crippen molar-refractivity contribution >= 4 is 85.1 Å². The van der Waals surface area contributed by atoms with Gasteiger partial charge in [0, 0.05) is 49.3 Å². The maximum atomic E-state index is 14.9. The van der Waals surface area contributed by atoms with Gasteiger partial charge in [0.1, 0.15) is 116 Å². The molecule has 62 heteroatoms. The number of hydrogen-bond acceptors (Lipinski definition) is 42. The van der Waals surface area contributed by atoms with E-state index in [9.17, 15) is 106 Å². The van der Waals surface area contributed by atoms with Crippen molar-refractivity contribution in [1.82, 2.24) is 73.0 Å². The van der Waals surface area contributed by atoms with Crippen molar-refractivity contribution in [1.29, 1.82) is 5.26 Å². The first-order valence-corrected chi connectivity index (χ1v) is 43.4. The van der Waals surface area contributed by atoms with E-state index in [0.29, 0.717) is 23.8 Å². The maximum absolute atomic E-state index is 14.9. The summed E-state index contributed by atoms with van der Waals surface area (Å²) in [6, 6.07) is 2.87. The van der Waals surface area contributed by atoms with Crippen molar-refractivity contribution in [2.24, 2.45) is 0 Å². The van der Waals surface area contributed by atoms with Gasteiger partial charge in [-0.3, -0.25) is 92.9 Å². The van der Waals surface area contributed by atoms with Crippen LogP contribution in [0, 0.1) is 25.2 Å². The number of carbonyl (C=O) groups excluding carboxylic acids is 1. The van der Waals surface area contributed by atoms with E-state index >= 15 is 0 Å². The number of ether oxygens (including phenoxy) is 7. The quantitative estimate of drug-likeness (QED) is 0.0129. The van der Waals surface area contributed by atoms with Crippen LogP contribution in [0.5, 0.6) is 0 Å². The Morgan fingerprint density at radius 2 is 1.07 bits per heavy atom. The average molecular weight is 1820 g/mol. The third kappa shape index (κ3) is 22.0. The molecule has 0 aromatic carbocycles. The predicted octanol–water partition coefficient (Wildman–Crippen LogP) is -4.30. The third-order valence-electron chi connectivity index (χ3n) is 19.0. The standard InChI is InChI=1S/C59H80N19O38P5/c1-25-15-75(57(87)72-48(25)83)34-14-27(28(108-34)17-103-117(90,91)92)113-118(93,94)105-19-30-41(39(81)52(110-30)74-11-8-33(61)69-56(74)86)114-120(97,98)107-21-32-43(44(54(112-32)76-16-26(2)49(84)73-58(76)88)101-12-6-4-3-5-10-64-59(89)102-13-7-9-60)116-121(99,100)106-20-31-42(40(82)53(111-31)77-23-67-35-45(62)65-22-66-46(35)77)115-119(95,96)104-18-29-37(79)38(80)51(109-29)78-24-68-36-47(78)70-55(63)71-50(36)85/h8,11,15-16,22-24,27-32,34,37-44,51-54,79-82H,3-7,10,12-14,17-21H2,1-2H3,(H,64,89)(H,93,94)(H,95,96)(H,97,98)(H,99,100)(H2,61,69,86)(H2,62,65,66)(H,72,83,87)(H,73,84,88)(H2,90,91,92)(H3,63,70,71,85)/t27-,28+,29+,30+,31+,32+,34+,37+,38+,39+,40+,41+,42+,43+,44+,51+,52+,53+,54+/m0/s1. The molecule has 0 bridgehead atoms. The summed E-state index contributed by atoms with van der Waals surface area (Å²) in [5, 5.41) is 57.5. The van der Waals surface area contributed by atoms with Gasteiger partial charge in [0.05, 0.1) is 58.2 Å². The number of nitrogens with one attached hydrogen (secondary N) is 4. The van der Waals surface area contributed by atoms with Crippen molar-refractivity contribution in [3.63, 3.8) is 0 Å². The van der Waals surface area contributed by atoms with E-state index in [4.69, 9.17) is 91.8 Å². The van der Waals surface area contributed by atoms with Crippen LogP contribution >= 0.6 is 39.1 Å². The molecule has 57 nitrogen and oxygen atoms in total. The van der Waals surface area contributed by atoms with Crippen molar-refractivity contribution in [3.05, 3.63) is 117 Å². The molecule has 0 radical (unpaired) electrons. The number of amides is 1. The highest BCUT2D eigenvalue weighted by molar-refractivity contribution is 7.48. The molecule has 23 atom stereocenters. The summed E-state index contributed by atoms with van der Waals surface area (Å²) in [5.41, 5.74) is 10.6. The van der Waals surface area contributed by atoms with Crippen LogP contribution < -0.4 is 56.3 Å². The molecule has 5 fully saturated rings. The van der Waals surface area contributed by atoms with Gasteiger partial charge in [0.25, 0.3) is 16.7 Å². The minimum atomic E-state index is -5.99. The molecule has 121 heavy (non-hydrogen) atoms. The molecule has 1 amide bonds. The molecule has 7 aromatic rings. The summed E-state index contributed by atoms with van der Waals surface area (Å²) in [5.74, 6) is -0.903. The lowest BCUT2D eigenvalue weighted by Gasteiger charge is -2.28. The molecular formula is C59H80N19O38P5. The first kappa shape index (κ1) is 91.7. The summed E-state index contributed by atoms with van der Waals surface area (Å²) in [7, 11) is -28.6. The van der Waals surface area contributed by atoms with Crippen LogP contribution in [0.2, 0.25) is 0 Å². The number of aromatic amines is 3. The topological polar surface area (TPSA) is 818 Å². The number of alkyl carbamates (subject to hydrolysis) is 1. The Morgan fingerprint density at radius 3 is 1.69 bits per heavy atom. The Hall–Kier alpha value is -8.55. The lowest BCUT2D eigenvalue weighted by atomic mass is 10.1. The van der Waals surface area contributed by atoms with Crippen molar-refractivity contribution in [3.8, 4) is 6.07 Å². The molecule has 5 aliphatic rings. The molecule has 5 saturated heterocycles. The van der Waals surface area contributed by atoms with E-state index in [1.54, 1.807) is 0 Å². The summed E-state index contributed by atoms with van der Waals surface area (Å²) >= 11 is 0. The number of nitrogens with two attached hydrogens (primary N) is 3. The van der Waals surface area contributed by atoms with Gasteiger partial charge in [-0.05, 0) is 32.8 Å². The summed E-state index contributed by atoms with van der Waals surface area (Å²) < 4.78 is 163. The Balaban J connectivity index is 0.804.